The van der Waals surface area contributed by atoms with Gasteiger partial charge in [0.15, 0.2) is 5.79 Å². The van der Waals surface area contributed by atoms with Gasteiger partial charge in [-0.25, -0.2) is 0 Å². The summed E-state index contributed by atoms with van der Waals surface area (Å²) in [7, 11) is 0. The molecule has 0 aliphatic rings. The molecule has 6 heavy (non-hydrogen) atoms. The Labute approximate surface area is 35.8 Å². The third kappa shape index (κ3) is 3.55. The summed E-state index contributed by atoms with van der Waals surface area (Å²) in [5.41, 5.74) is 14.5. The molecule has 0 aromatic carbocycles. The van der Waals surface area contributed by atoms with E-state index < -0.39 is 5.79 Å². The first-order valence-electron chi connectivity index (χ1n) is 1.44. The molecule has 0 amide bonds. The number of rotatable bonds is 1. The average Bonchev–Trinajstić information content (AvgIpc) is 1.35. The normalized spacial score (nSPS) is 11.2. The van der Waals surface area contributed by atoms with Crippen molar-refractivity contribution >= 4 is 6.21 Å². The molecule has 0 aromatic rings. The van der Waals surface area contributed by atoms with Crippen molar-refractivity contribution in [3.63, 3.8) is 0 Å². The van der Waals surface area contributed by atoms with Gasteiger partial charge in [-0.3, -0.25) is 17.2 Å². The summed E-state index contributed by atoms with van der Waals surface area (Å²) >= 11 is 0. The highest BCUT2D eigenvalue weighted by molar-refractivity contribution is 5.63. The van der Waals surface area contributed by atoms with Gasteiger partial charge in [0, 0.05) is 6.21 Å². The van der Waals surface area contributed by atoms with Crippen LogP contribution in [0.2, 0.25) is 0 Å². The molecule has 0 heterocycles. The van der Waals surface area contributed by atoms with E-state index in [0.717, 1.165) is 6.21 Å². The minimum atomic E-state index is -1.42. The Morgan fingerprint density at radius 1 is 1.33 bits per heavy atom. The summed E-state index contributed by atoms with van der Waals surface area (Å²) in [6.45, 7) is 0. The van der Waals surface area contributed by atoms with Gasteiger partial charge in [0.1, 0.15) is 0 Å². The Morgan fingerprint density at radius 3 is 1.50 bits per heavy atom. The summed E-state index contributed by atoms with van der Waals surface area (Å²) in [4.78, 5) is 0. The molecule has 4 nitrogen and oxygen atoms in total. The monoisotopic (exact) mass is 88.1 g/mol. The second-order valence-electron chi connectivity index (χ2n) is 1.14. The molecular weight excluding hydrogens is 80.0 g/mol. The molecule has 0 aromatic heterocycles. The molecule has 0 bridgehead atoms. The quantitative estimate of drug-likeness (QED) is 0.224. The van der Waals surface area contributed by atoms with Crippen LogP contribution in [0.3, 0.4) is 0 Å². The zero-order valence-electron chi connectivity index (χ0n) is 3.31. The minimum absolute atomic E-state index is 0.771. The summed E-state index contributed by atoms with van der Waals surface area (Å²) in [6, 6.07) is 0. The van der Waals surface area contributed by atoms with Crippen LogP contribution in [0.25, 0.3) is 0 Å². The molecule has 36 valence electrons. The summed E-state index contributed by atoms with van der Waals surface area (Å²) in [6.07, 6.45) is 0.771. The maximum absolute atomic E-state index is 6.35. The fraction of sp³-hybridized carbons (Fsp3) is 0.500. The van der Waals surface area contributed by atoms with Crippen LogP contribution in [0, 0.1) is 5.41 Å². The number of nitrogens with two attached hydrogens (primary N) is 3. The highest BCUT2D eigenvalue weighted by atomic mass is 15.1. The Hall–Kier alpha value is -0.450. The van der Waals surface area contributed by atoms with Crippen LogP contribution >= 0.6 is 0 Å². The molecule has 0 rings (SSSR count). The van der Waals surface area contributed by atoms with E-state index in [2.05, 4.69) is 0 Å². The molecule has 7 N–H and O–H groups in total. The number of hydrogen-bond donors (Lipinski definition) is 4. The van der Waals surface area contributed by atoms with Gasteiger partial charge in [0.05, 0.1) is 0 Å². The molecule has 0 aliphatic heterocycles. The van der Waals surface area contributed by atoms with E-state index in [1.807, 2.05) is 0 Å². The SMILES string of the molecule is N=CC(N)(N)N. The maximum Gasteiger partial charge on any atom is 0.152 e. The smallest absolute Gasteiger partial charge is 0.152 e. The molecule has 0 unspecified atom stereocenters. The summed E-state index contributed by atoms with van der Waals surface area (Å²) in [5.74, 6) is -1.42. The largest absolute Gasteiger partial charge is 0.308 e. The highest BCUT2D eigenvalue weighted by Gasteiger charge is 2.02. The van der Waals surface area contributed by atoms with Crippen LogP contribution in [0.15, 0.2) is 0 Å². The van der Waals surface area contributed by atoms with Crippen molar-refractivity contribution in [1.29, 1.82) is 5.41 Å². The van der Waals surface area contributed by atoms with Crippen molar-refractivity contribution in [2.45, 2.75) is 5.79 Å². The van der Waals surface area contributed by atoms with Gasteiger partial charge in [-0.15, -0.1) is 0 Å². The summed E-state index contributed by atoms with van der Waals surface area (Å²) < 4.78 is 0. The first kappa shape index (κ1) is 5.55. The van der Waals surface area contributed by atoms with Crippen LogP contribution in [-0.2, 0) is 0 Å². The molecule has 0 saturated carbocycles. The van der Waals surface area contributed by atoms with Crippen LogP contribution in [0.4, 0.5) is 0 Å². The van der Waals surface area contributed by atoms with Crippen molar-refractivity contribution < 1.29 is 0 Å². The zero-order valence-corrected chi connectivity index (χ0v) is 3.31. The third-order valence-electron chi connectivity index (χ3n) is 0.250. The molecule has 0 saturated heterocycles. The Bertz CT molecular complexity index is 51.1. The van der Waals surface area contributed by atoms with E-state index in [4.69, 9.17) is 22.6 Å². The van der Waals surface area contributed by atoms with E-state index in [-0.39, 0.29) is 0 Å². The van der Waals surface area contributed by atoms with Crippen molar-refractivity contribution in [3.8, 4) is 0 Å². The van der Waals surface area contributed by atoms with Gasteiger partial charge in [0.25, 0.3) is 0 Å². The van der Waals surface area contributed by atoms with Gasteiger partial charge in [0.2, 0.25) is 0 Å². The van der Waals surface area contributed by atoms with E-state index in [9.17, 15) is 0 Å². The van der Waals surface area contributed by atoms with Crippen molar-refractivity contribution in [1.82, 2.24) is 0 Å². The molecule has 0 radical (unpaired) electrons. The van der Waals surface area contributed by atoms with Crippen LogP contribution in [-0.4, -0.2) is 12.0 Å². The number of nitrogens with one attached hydrogen (secondary N) is 1. The average molecular weight is 88.1 g/mol. The lowest BCUT2D eigenvalue weighted by Gasteiger charge is -2.08. The van der Waals surface area contributed by atoms with Crippen molar-refractivity contribution in [3.05, 3.63) is 0 Å². The maximum atomic E-state index is 6.35. The molecule has 4 heteroatoms. The van der Waals surface area contributed by atoms with Gasteiger partial charge in [-0.05, 0) is 0 Å². The highest BCUT2D eigenvalue weighted by Crippen LogP contribution is 1.59. The molecule has 0 atom stereocenters. The minimum Gasteiger partial charge on any atom is -0.308 e. The van der Waals surface area contributed by atoms with Crippen LogP contribution in [0.5, 0.6) is 0 Å². The Balaban J connectivity index is 3.45. The molecule has 0 spiro atoms. The van der Waals surface area contributed by atoms with Crippen molar-refractivity contribution in [2.24, 2.45) is 17.2 Å². The van der Waals surface area contributed by atoms with E-state index in [0.29, 0.717) is 0 Å². The molecule has 0 fully saturated rings. The van der Waals surface area contributed by atoms with E-state index in [1.165, 1.54) is 0 Å². The molecule has 0 aliphatic carbocycles. The zero-order chi connectivity index (χ0) is 5.21. The lowest BCUT2D eigenvalue weighted by Crippen LogP contribution is -2.59. The van der Waals surface area contributed by atoms with Crippen molar-refractivity contribution in [2.75, 3.05) is 0 Å². The van der Waals surface area contributed by atoms with Crippen LogP contribution < -0.4 is 17.2 Å². The lowest BCUT2D eigenvalue weighted by molar-refractivity contribution is 0.635. The van der Waals surface area contributed by atoms with E-state index >= 15 is 0 Å². The van der Waals surface area contributed by atoms with Gasteiger partial charge >= 0.3 is 0 Å². The predicted octanol–water partition coefficient (Wildman–Crippen LogP) is -1.83. The van der Waals surface area contributed by atoms with Crippen LogP contribution in [0.1, 0.15) is 0 Å². The fourth-order valence-electron chi connectivity index (χ4n) is 0. The Morgan fingerprint density at radius 2 is 1.50 bits per heavy atom. The topological polar surface area (TPSA) is 102 Å². The van der Waals surface area contributed by atoms with Gasteiger partial charge in [-0.2, -0.15) is 0 Å². The Kier molecular flexibility index (Phi) is 1.24. The lowest BCUT2D eigenvalue weighted by atomic mass is 10.5. The predicted molar refractivity (Wildman–Crippen MR) is 24.1 cm³/mol. The van der Waals surface area contributed by atoms with E-state index in [1.54, 1.807) is 0 Å². The standard InChI is InChI=1S/C2H8N4/c3-1-2(4,5)6/h1,3H,4-6H2. The third-order valence-corrected chi connectivity index (χ3v) is 0.250. The van der Waals surface area contributed by atoms with Gasteiger partial charge < -0.3 is 5.41 Å². The second-order valence-corrected chi connectivity index (χ2v) is 1.14. The van der Waals surface area contributed by atoms with Gasteiger partial charge in [-0.1, -0.05) is 0 Å². The number of hydrogen-bond acceptors (Lipinski definition) is 4. The first-order valence-corrected chi connectivity index (χ1v) is 1.44. The second kappa shape index (κ2) is 1.34. The summed E-state index contributed by atoms with van der Waals surface area (Å²) in [5, 5.41) is 6.35. The first-order chi connectivity index (χ1) is 2.56. The molecular formula is C2H8N4. The fourth-order valence-corrected chi connectivity index (χ4v) is 0.